The summed E-state index contributed by atoms with van der Waals surface area (Å²) in [6.07, 6.45) is 2.61. The zero-order valence-electron chi connectivity index (χ0n) is 12.4. The summed E-state index contributed by atoms with van der Waals surface area (Å²) in [5.74, 6) is -1.86. The minimum absolute atomic E-state index is 0.168. The molecule has 116 valence electrons. The van der Waals surface area contributed by atoms with Crippen molar-refractivity contribution >= 4 is 11.9 Å². The molecule has 0 aliphatic carbocycles. The van der Waals surface area contributed by atoms with E-state index in [4.69, 9.17) is 4.42 Å². The molecule has 2 rings (SSSR count). The molecule has 1 heterocycles. The van der Waals surface area contributed by atoms with E-state index in [-0.39, 0.29) is 5.76 Å². The number of carboxylic acids is 1. The molecule has 5 heteroatoms. The number of furan rings is 1. The van der Waals surface area contributed by atoms with Crippen LogP contribution in [0.15, 0.2) is 53.1 Å². The number of nitrogens with one attached hydrogen (secondary N) is 1. The smallest absolute Gasteiger partial charge is 0.308 e. The van der Waals surface area contributed by atoms with Crippen molar-refractivity contribution in [2.24, 2.45) is 5.92 Å². The number of amides is 1. The van der Waals surface area contributed by atoms with Crippen LogP contribution in [0.1, 0.15) is 41.9 Å². The van der Waals surface area contributed by atoms with Crippen molar-refractivity contribution < 1.29 is 19.1 Å². The van der Waals surface area contributed by atoms with Crippen molar-refractivity contribution in [2.75, 3.05) is 0 Å². The molecule has 22 heavy (non-hydrogen) atoms. The lowest BCUT2D eigenvalue weighted by atomic mass is 9.89. The summed E-state index contributed by atoms with van der Waals surface area (Å²) in [5, 5.41) is 12.3. The number of carbonyl (C=O) groups is 2. The van der Waals surface area contributed by atoms with Gasteiger partial charge in [-0.3, -0.25) is 9.59 Å². The molecule has 0 aliphatic rings. The van der Waals surface area contributed by atoms with Gasteiger partial charge in [0.15, 0.2) is 5.76 Å². The van der Waals surface area contributed by atoms with Crippen LogP contribution in [0.4, 0.5) is 0 Å². The third-order valence-electron chi connectivity index (χ3n) is 3.51. The molecule has 0 saturated heterocycles. The quantitative estimate of drug-likeness (QED) is 0.822. The second kappa shape index (κ2) is 7.45. The summed E-state index contributed by atoms with van der Waals surface area (Å²) in [6.45, 7) is 1.92. The van der Waals surface area contributed by atoms with Crippen molar-refractivity contribution in [3.05, 3.63) is 60.1 Å². The van der Waals surface area contributed by atoms with Crippen molar-refractivity contribution in [1.82, 2.24) is 5.32 Å². The van der Waals surface area contributed by atoms with Crippen molar-refractivity contribution in [1.29, 1.82) is 0 Å². The van der Waals surface area contributed by atoms with Crippen molar-refractivity contribution in [3.8, 4) is 0 Å². The van der Waals surface area contributed by atoms with Gasteiger partial charge in [-0.2, -0.15) is 0 Å². The van der Waals surface area contributed by atoms with Gasteiger partial charge in [-0.25, -0.2) is 0 Å². The summed E-state index contributed by atoms with van der Waals surface area (Å²) in [7, 11) is 0. The van der Waals surface area contributed by atoms with Crippen molar-refractivity contribution in [2.45, 2.75) is 25.8 Å². The second-order valence-electron chi connectivity index (χ2n) is 5.07. The average Bonchev–Trinajstić information content (AvgIpc) is 3.05. The Balaban J connectivity index is 2.28. The lowest BCUT2D eigenvalue weighted by Crippen LogP contribution is -2.36. The minimum atomic E-state index is -0.921. The number of carbonyl (C=O) groups excluding carboxylic acids is 1. The fourth-order valence-corrected chi connectivity index (χ4v) is 2.44. The second-order valence-corrected chi connectivity index (χ2v) is 5.07. The summed E-state index contributed by atoms with van der Waals surface area (Å²) >= 11 is 0. The first-order valence-corrected chi connectivity index (χ1v) is 7.25. The molecule has 0 fully saturated rings. The predicted molar refractivity (Wildman–Crippen MR) is 81.4 cm³/mol. The van der Waals surface area contributed by atoms with E-state index in [1.807, 2.05) is 37.3 Å². The van der Waals surface area contributed by atoms with Gasteiger partial charge in [0.05, 0.1) is 18.2 Å². The summed E-state index contributed by atoms with van der Waals surface area (Å²) in [6, 6.07) is 11.7. The highest BCUT2D eigenvalue weighted by Gasteiger charge is 2.30. The lowest BCUT2D eigenvalue weighted by molar-refractivity contribution is -0.143. The highest BCUT2D eigenvalue weighted by Crippen LogP contribution is 2.26. The fraction of sp³-hybridized carbons (Fsp3) is 0.294. The molecule has 1 amide bonds. The van der Waals surface area contributed by atoms with Crippen LogP contribution < -0.4 is 5.32 Å². The van der Waals surface area contributed by atoms with Crippen LogP contribution in [-0.4, -0.2) is 17.0 Å². The van der Waals surface area contributed by atoms with Gasteiger partial charge in [-0.1, -0.05) is 43.7 Å². The summed E-state index contributed by atoms with van der Waals surface area (Å²) < 4.78 is 5.07. The van der Waals surface area contributed by atoms with Crippen LogP contribution in [0.3, 0.4) is 0 Å². The Morgan fingerprint density at radius 2 is 1.91 bits per heavy atom. The maximum atomic E-state index is 12.2. The average molecular weight is 301 g/mol. The molecule has 0 radical (unpaired) electrons. The van der Waals surface area contributed by atoms with Crippen LogP contribution in [0.5, 0.6) is 0 Å². The fourth-order valence-electron chi connectivity index (χ4n) is 2.44. The SMILES string of the molecule is CCC[C@@H](C(=O)O)C(NC(=O)c1ccco1)c1ccccc1. The van der Waals surface area contributed by atoms with Crippen LogP contribution in [0, 0.1) is 5.92 Å². The van der Waals surface area contributed by atoms with Crippen LogP contribution in [-0.2, 0) is 4.79 Å². The lowest BCUT2D eigenvalue weighted by Gasteiger charge is -2.25. The third kappa shape index (κ3) is 3.75. The number of hydrogen-bond acceptors (Lipinski definition) is 3. The number of benzene rings is 1. The van der Waals surface area contributed by atoms with Gasteiger partial charge in [0.2, 0.25) is 0 Å². The standard InChI is InChI=1S/C17H19NO4/c1-2-7-13(17(20)21)15(12-8-4-3-5-9-12)18-16(19)14-10-6-11-22-14/h3-6,8-11,13,15H,2,7H2,1H3,(H,18,19)(H,20,21)/t13-,15?/m1/s1. The molecule has 0 spiro atoms. The van der Waals surface area contributed by atoms with E-state index < -0.39 is 23.8 Å². The van der Waals surface area contributed by atoms with Crippen LogP contribution in [0.25, 0.3) is 0 Å². The predicted octanol–water partition coefficient (Wildman–Crippen LogP) is 3.25. The zero-order chi connectivity index (χ0) is 15.9. The summed E-state index contributed by atoms with van der Waals surface area (Å²) in [5.41, 5.74) is 0.767. The Kier molecular flexibility index (Phi) is 5.36. The highest BCUT2D eigenvalue weighted by atomic mass is 16.4. The molecule has 0 bridgehead atoms. The van der Waals surface area contributed by atoms with E-state index in [2.05, 4.69) is 5.32 Å². The highest BCUT2D eigenvalue weighted by molar-refractivity contribution is 5.92. The van der Waals surface area contributed by atoms with Gasteiger partial charge in [0.1, 0.15) is 0 Å². The van der Waals surface area contributed by atoms with E-state index in [0.717, 1.165) is 12.0 Å². The number of rotatable bonds is 7. The monoisotopic (exact) mass is 301 g/mol. The Morgan fingerprint density at radius 1 is 1.18 bits per heavy atom. The van der Waals surface area contributed by atoms with E-state index in [9.17, 15) is 14.7 Å². The van der Waals surface area contributed by atoms with Crippen LogP contribution in [0.2, 0.25) is 0 Å². The van der Waals surface area contributed by atoms with Gasteiger partial charge in [0.25, 0.3) is 5.91 Å². The number of aliphatic carboxylic acids is 1. The molecule has 0 saturated carbocycles. The molecule has 2 N–H and O–H groups in total. The Morgan fingerprint density at radius 3 is 2.45 bits per heavy atom. The van der Waals surface area contributed by atoms with E-state index in [0.29, 0.717) is 6.42 Å². The molecule has 2 aromatic rings. The molecule has 5 nitrogen and oxygen atoms in total. The Labute approximate surface area is 129 Å². The number of carboxylic acid groups (broad SMARTS) is 1. The maximum absolute atomic E-state index is 12.2. The third-order valence-corrected chi connectivity index (χ3v) is 3.51. The summed E-state index contributed by atoms with van der Waals surface area (Å²) in [4.78, 5) is 23.8. The molecule has 1 aromatic heterocycles. The van der Waals surface area contributed by atoms with Gasteiger partial charge >= 0.3 is 5.97 Å². The molecule has 1 aromatic carbocycles. The Hall–Kier alpha value is -2.56. The first kappa shape index (κ1) is 15.8. The topological polar surface area (TPSA) is 79.5 Å². The van der Waals surface area contributed by atoms with E-state index >= 15 is 0 Å². The van der Waals surface area contributed by atoms with E-state index in [1.165, 1.54) is 6.26 Å². The largest absolute Gasteiger partial charge is 0.481 e. The van der Waals surface area contributed by atoms with Gasteiger partial charge < -0.3 is 14.8 Å². The molecule has 1 unspecified atom stereocenters. The van der Waals surface area contributed by atoms with Gasteiger partial charge in [-0.15, -0.1) is 0 Å². The minimum Gasteiger partial charge on any atom is -0.481 e. The number of hydrogen-bond donors (Lipinski definition) is 2. The molecular formula is C17H19NO4. The first-order valence-electron chi connectivity index (χ1n) is 7.25. The molecular weight excluding hydrogens is 282 g/mol. The Bertz CT molecular complexity index is 607. The van der Waals surface area contributed by atoms with E-state index in [1.54, 1.807) is 12.1 Å². The first-order chi connectivity index (χ1) is 10.6. The van der Waals surface area contributed by atoms with Gasteiger partial charge in [-0.05, 0) is 24.1 Å². The van der Waals surface area contributed by atoms with Crippen LogP contribution >= 0.6 is 0 Å². The van der Waals surface area contributed by atoms with Crippen molar-refractivity contribution in [3.63, 3.8) is 0 Å². The van der Waals surface area contributed by atoms with Gasteiger partial charge in [0, 0.05) is 0 Å². The molecule has 2 atom stereocenters. The molecule has 0 aliphatic heterocycles. The zero-order valence-corrected chi connectivity index (χ0v) is 12.4. The maximum Gasteiger partial charge on any atom is 0.308 e. The normalized spacial score (nSPS) is 13.3.